The van der Waals surface area contributed by atoms with Crippen LogP contribution in [0.3, 0.4) is 0 Å². The number of halogens is 1. The minimum Gasteiger partial charge on any atom is -0.389 e. The minimum atomic E-state index is -1.08. The Balaban J connectivity index is 2.18. The maximum atomic E-state index is 13.4. The lowest BCUT2D eigenvalue weighted by Crippen LogP contribution is -2.43. The second-order valence-electron chi connectivity index (χ2n) is 6.39. The fourth-order valence-corrected chi connectivity index (χ4v) is 2.36. The van der Waals surface area contributed by atoms with Gasteiger partial charge in [0, 0.05) is 12.2 Å². The number of amides is 2. The van der Waals surface area contributed by atoms with Crippen LogP contribution in [0.15, 0.2) is 48.5 Å². The number of hydrogen-bond acceptors (Lipinski definition) is 3. The maximum absolute atomic E-state index is 13.4. The lowest BCUT2D eigenvalue weighted by atomic mass is 10.1. The predicted molar refractivity (Wildman–Crippen MR) is 93.3 cm³/mol. The van der Waals surface area contributed by atoms with Crippen LogP contribution in [0.25, 0.3) is 0 Å². The van der Waals surface area contributed by atoms with E-state index in [0.29, 0.717) is 12.2 Å². The van der Waals surface area contributed by atoms with Crippen LogP contribution in [0.5, 0.6) is 0 Å². The van der Waals surface area contributed by atoms with Gasteiger partial charge in [-0.05, 0) is 37.6 Å². The highest BCUT2D eigenvalue weighted by atomic mass is 19.1. The van der Waals surface area contributed by atoms with E-state index in [1.807, 2.05) is 30.3 Å². The molecule has 0 aliphatic heterocycles. The molecular formula is C19H20FN3O2. The number of urea groups is 1. The third-order valence-electron chi connectivity index (χ3n) is 3.42. The average molecular weight is 341 g/mol. The summed E-state index contributed by atoms with van der Waals surface area (Å²) in [6.45, 7) is 3.65. The highest BCUT2D eigenvalue weighted by Gasteiger charge is 2.23. The van der Waals surface area contributed by atoms with Crippen LogP contribution in [0.4, 0.5) is 14.9 Å². The van der Waals surface area contributed by atoms with Gasteiger partial charge >= 0.3 is 6.03 Å². The van der Waals surface area contributed by atoms with E-state index in [1.165, 1.54) is 17.0 Å². The quantitative estimate of drug-likeness (QED) is 0.874. The zero-order valence-corrected chi connectivity index (χ0v) is 14.2. The molecule has 0 saturated carbocycles. The SMILES string of the molecule is CC(C)(O)CN(Cc1ccccc1)C(=O)Nc1ccc(F)c(C#N)c1. The summed E-state index contributed by atoms with van der Waals surface area (Å²) < 4.78 is 13.4. The number of carbonyl (C=O) groups excluding carboxylic acids is 1. The molecule has 0 saturated heterocycles. The molecule has 0 bridgehead atoms. The van der Waals surface area contributed by atoms with Crippen molar-refractivity contribution < 1.29 is 14.3 Å². The van der Waals surface area contributed by atoms with E-state index < -0.39 is 17.4 Å². The van der Waals surface area contributed by atoms with Gasteiger partial charge in [0.05, 0.1) is 17.7 Å². The molecule has 0 heterocycles. The third kappa shape index (κ3) is 5.59. The second-order valence-corrected chi connectivity index (χ2v) is 6.39. The van der Waals surface area contributed by atoms with Gasteiger partial charge in [0.15, 0.2) is 0 Å². The number of carbonyl (C=O) groups is 1. The molecule has 0 fully saturated rings. The molecule has 0 spiro atoms. The van der Waals surface area contributed by atoms with Gasteiger partial charge < -0.3 is 15.3 Å². The van der Waals surface area contributed by atoms with Crippen molar-refractivity contribution in [1.29, 1.82) is 5.26 Å². The highest BCUT2D eigenvalue weighted by Crippen LogP contribution is 2.16. The molecule has 5 nitrogen and oxygen atoms in total. The van der Waals surface area contributed by atoms with Gasteiger partial charge in [0.1, 0.15) is 11.9 Å². The van der Waals surface area contributed by atoms with E-state index in [0.717, 1.165) is 11.6 Å². The molecule has 2 N–H and O–H groups in total. The van der Waals surface area contributed by atoms with Crippen molar-refractivity contribution in [3.8, 4) is 6.07 Å². The second kappa shape index (κ2) is 7.77. The van der Waals surface area contributed by atoms with E-state index in [2.05, 4.69) is 5.32 Å². The van der Waals surface area contributed by atoms with E-state index in [9.17, 15) is 14.3 Å². The number of nitrogens with one attached hydrogen (secondary N) is 1. The largest absolute Gasteiger partial charge is 0.389 e. The Morgan fingerprint density at radius 1 is 1.28 bits per heavy atom. The fourth-order valence-electron chi connectivity index (χ4n) is 2.36. The Bertz CT molecular complexity index is 779. The van der Waals surface area contributed by atoms with Crippen molar-refractivity contribution >= 4 is 11.7 Å². The van der Waals surface area contributed by atoms with Crippen molar-refractivity contribution in [2.45, 2.75) is 26.0 Å². The normalized spacial score (nSPS) is 10.8. The van der Waals surface area contributed by atoms with Crippen LogP contribution < -0.4 is 5.32 Å². The van der Waals surface area contributed by atoms with E-state index in [1.54, 1.807) is 19.9 Å². The van der Waals surface area contributed by atoms with Gasteiger partial charge in [-0.1, -0.05) is 30.3 Å². The van der Waals surface area contributed by atoms with Gasteiger partial charge in [-0.2, -0.15) is 5.26 Å². The number of hydrogen-bond donors (Lipinski definition) is 2. The van der Waals surface area contributed by atoms with Crippen LogP contribution in [0.1, 0.15) is 25.0 Å². The molecule has 2 aromatic rings. The fraction of sp³-hybridized carbons (Fsp3) is 0.263. The molecule has 2 aromatic carbocycles. The summed E-state index contributed by atoms with van der Waals surface area (Å²) in [4.78, 5) is 14.1. The number of rotatable bonds is 5. The van der Waals surface area contributed by atoms with Gasteiger partial charge in [-0.3, -0.25) is 0 Å². The molecule has 0 atom stereocenters. The lowest BCUT2D eigenvalue weighted by molar-refractivity contribution is 0.0469. The summed E-state index contributed by atoms with van der Waals surface area (Å²) in [7, 11) is 0. The lowest BCUT2D eigenvalue weighted by Gasteiger charge is -2.29. The van der Waals surface area contributed by atoms with Crippen molar-refractivity contribution in [2.24, 2.45) is 0 Å². The predicted octanol–water partition coefficient (Wildman–Crippen LogP) is 3.50. The van der Waals surface area contributed by atoms with Crippen molar-refractivity contribution in [3.05, 3.63) is 65.5 Å². The van der Waals surface area contributed by atoms with Gasteiger partial charge in [0.2, 0.25) is 0 Å². The Morgan fingerprint density at radius 2 is 1.96 bits per heavy atom. The first kappa shape index (κ1) is 18.4. The number of nitriles is 1. The summed E-state index contributed by atoms with van der Waals surface area (Å²) in [5.74, 6) is -0.641. The maximum Gasteiger partial charge on any atom is 0.322 e. The summed E-state index contributed by atoms with van der Waals surface area (Å²) in [6.07, 6.45) is 0. The first-order chi connectivity index (χ1) is 11.8. The Hall–Kier alpha value is -2.91. The number of aliphatic hydroxyl groups is 1. The molecule has 2 amide bonds. The molecule has 0 unspecified atom stereocenters. The zero-order valence-electron chi connectivity index (χ0n) is 14.2. The monoisotopic (exact) mass is 341 g/mol. The first-order valence-corrected chi connectivity index (χ1v) is 7.80. The summed E-state index contributed by atoms with van der Waals surface area (Å²) in [5, 5.41) is 21.6. The van der Waals surface area contributed by atoms with E-state index in [-0.39, 0.29) is 12.1 Å². The number of nitrogens with zero attached hydrogens (tertiary/aromatic N) is 2. The Morgan fingerprint density at radius 3 is 2.56 bits per heavy atom. The van der Waals surface area contributed by atoms with Gasteiger partial charge in [0.25, 0.3) is 0 Å². The zero-order chi connectivity index (χ0) is 18.4. The number of benzene rings is 2. The van der Waals surface area contributed by atoms with Crippen LogP contribution in [-0.4, -0.2) is 28.2 Å². The van der Waals surface area contributed by atoms with Gasteiger partial charge in [-0.15, -0.1) is 0 Å². The van der Waals surface area contributed by atoms with Crippen molar-refractivity contribution in [3.63, 3.8) is 0 Å². The van der Waals surface area contributed by atoms with Crippen molar-refractivity contribution in [1.82, 2.24) is 4.90 Å². The summed E-state index contributed by atoms with van der Waals surface area (Å²) in [5.41, 5.74) is 0.0117. The molecule has 0 aromatic heterocycles. The number of anilines is 1. The molecule has 0 aliphatic carbocycles. The average Bonchev–Trinajstić information content (AvgIpc) is 2.55. The Kier molecular flexibility index (Phi) is 5.73. The van der Waals surface area contributed by atoms with Gasteiger partial charge in [-0.25, -0.2) is 9.18 Å². The Labute approximate surface area is 146 Å². The van der Waals surface area contributed by atoms with Crippen LogP contribution in [0.2, 0.25) is 0 Å². The highest BCUT2D eigenvalue weighted by molar-refractivity contribution is 5.89. The summed E-state index contributed by atoms with van der Waals surface area (Å²) in [6, 6.07) is 14.5. The standard InChI is InChI=1S/C19H20FN3O2/c1-19(2,25)13-23(12-14-6-4-3-5-7-14)18(24)22-16-8-9-17(20)15(10-16)11-21/h3-10,25H,12-13H2,1-2H3,(H,22,24). The molecule has 2 rings (SSSR count). The van der Waals surface area contributed by atoms with Crippen molar-refractivity contribution in [2.75, 3.05) is 11.9 Å². The molecule has 25 heavy (non-hydrogen) atoms. The molecule has 0 aliphatic rings. The van der Waals surface area contributed by atoms with E-state index >= 15 is 0 Å². The van der Waals surface area contributed by atoms with Crippen LogP contribution in [0, 0.1) is 17.1 Å². The molecular weight excluding hydrogens is 321 g/mol. The summed E-state index contributed by atoms with van der Waals surface area (Å²) >= 11 is 0. The molecule has 130 valence electrons. The van der Waals surface area contributed by atoms with Crippen LogP contribution >= 0.6 is 0 Å². The third-order valence-corrected chi connectivity index (χ3v) is 3.42. The minimum absolute atomic E-state index is 0.111. The van der Waals surface area contributed by atoms with Crippen LogP contribution in [-0.2, 0) is 6.54 Å². The first-order valence-electron chi connectivity index (χ1n) is 7.80. The smallest absolute Gasteiger partial charge is 0.322 e. The molecule has 6 heteroatoms. The molecule has 0 radical (unpaired) electrons. The topological polar surface area (TPSA) is 76.4 Å². The van der Waals surface area contributed by atoms with E-state index in [4.69, 9.17) is 5.26 Å².